The minimum Gasteiger partial charge on any atom is -0.399 e. The molecule has 0 fully saturated rings. The smallest absolute Gasteiger partial charge is 0.234 e. The van der Waals surface area contributed by atoms with Gasteiger partial charge in [0.15, 0.2) is 0 Å². The molecule has 0 unspecified atom stereocenters. The molecule has 0 radical (unpaired) electrons. The van der Waals surface area contributed by atoms with Crippen LogP contribution in [0.5, 0.6) is 0 Å². The van der Waals surface area contributed by atoms with Crippen LogP contribution in [0.15, 0.2) is 41.3 Å². The summed E-state index contributed by atoms with van der Waals surface area (Å²) < 4.78 is 0. The topological polar surface area (TPSA) is 55.1 Å². The first-order valence-electron chi connectivity index (χ1n) is 6.82. The maximum absolute atomic E-state index is 12.1. The van der Waals surface area contributed by atoms with E-state index in [1.165, 1.54) is 17.3 Å². The predicted octanol–water partition coefficient (Wildman–Crippen LogP) is 3.92. The van der Waals surface area contributed by atoms with Gasteiger partial charge in [0.05, 0.1) is 5.75 Å². The van der Waals surface area contributed by atoms with Crippen LogP contribution in [0, 0.1) is 20.8 Å². The Hall–Kier alpha value is -1.94. The normalized spacial score (nSPS) is 10.4. The van der Waals surface area contributed by atoms with Gasteiger partial charge < -0.3 is 11.1 Å². The molecule has 110 valence electrons. The highest BCUT2D eigenvalue weighted by atomic mass is 32.2. The minimum absolute atomic E-state index is 0.00576. The third-order valence-corrected chi connectivity index (χ3v) is 4.38. The fraction of sp³-hybridized carbons (Fsp3) is 0.235. The molecule has 0 heterocycles. The molecular formula is C17H20N2OS. The third-order valence-electron chi connectivity index (χ3n) is 3.23. The summed E-state index contributed by atoms with van der Waals surface area (Å²) in [6, 6.07) is 11.8. The van der Waals surface area contributed by atoms with Crippen LogP contribution in [-0.2, 0) is 4.79 Å². The summed E-state index contributed by atoms with van der Waals surface area (Å²) in [5, 5.41) is 2.95. The lowest BCUT2D eigenvalue weighted by atomic mass is 10.1. The van der Waals surface area contributed by atoms with Gasteiger partial charge in [-0.2, -0.15) is 0 Å². The van der Waals surface area contributed by atoms with Crippen LogP contribution in [0.2, 0.25) is 0 Å². The zero-order chi connectivity index (χ0) is 15.4. The molecule has 0 aliphatic rings. The number of carbonyl (C=O) groups excluding carboxylic acids is 1. The Balaban J connectivity index is 1.97. The fourth-order valence-corrected chi connectivity index (χ4v) is 2.93. The van der Waals surface area contributed by atoms with Gasteiger partial charge >= 0.3 is 0 Å². The molecular weight excluding hydrogens is 280 g/mol. The van der Waals surface area contributed by atoms with Crippen molar-refractivity contribution in [1.82, 2.24) is 0 Å². The van der Waals surface area contributed by atoms with E-state index in [9.17, 15) is 4.79 Å². The average Bonchev–Trinajstić information content (AvgIpc) is 2.43. The maximum Gasteiger partial charge on any atom is 0.234 e. The molecule has 0 spiro atoms. The monoisotopic (exact) mass is 300 g/mol. The zero-order valence-electron chi connectivity index (χ0n) is 12.6. The summed E-state index contributed by atoms with van der Waals surface area (Å²) in [6.45, 7) is 6.05. The van der Waals surface area contributed by atoms with Crippen molar-refractivity contribution in [2.45, 2.75) is 25.7 Å². The summed E-state index contributed by atoms with van der Waals surface area (Å²) in [7, 11) is 0. The number of anilines is 2. The standard InChI is InChI=1S/C17H20N2OS/c1-11-4-7-15(13(3)8-11)19-17(20)10-21-16-9-14(18)6-5-12(16)2/h4-9H,10,18H2,1-3H3,(H,19,20). The lowest BCUT2D eigenvalue weighted by molar-refractivity contribution is -0.113. The van der Waals surface area contributed by atoms with Crippen LogP contribution in [-0.4, -0.2) is 11.7 Å². The van der Waals surface area contributed by atoms with Crippen LogP contribution in [0.3, 0.4) is 0 Å². The van der Waals surface area contributed by atoms with Gasteiger partial charge in [0, 0.05) is 16.3 Å². The van der Waals surface area contributed by atoms with Crippen LogP contribution in [0.4, 0.5) is 11.4 Å². The van der Waals surface area contributed by atoms with E-state index in [2.05, 4.69) is 11.4 Å². The van der Waals surface area contributed by atoms with E-state index in [1.54, 1.807) is 0 Å². The number of nitrogens with two attached hydrogens (primary N) is 1. The molecule has 2 rings (SSSR count). The first kappa shape index (κ1) is 15.4. The van der Waals surface area contributed by atoms with E-state index < -0.39 is 0 Å². The Morgan fingerprint density at radius 1 is 1.10 bits per heavy atom. The summed E-state index contributed by atoms with van der Waals surface area (Å²) in [5.41, 5.74) is 10.8. The second-order valence-corrected chi connectivity index (χ2v) is 6.20. The van der Waals surface area contributed by atoms with Gasteiger partial charge in [-0.25, -0.2) is 0 Å². The molecule has 2 aromatic rings. The summed E-state index contributed by atoms with van der Waals surface area (Å²) in [6.07, 6.45) is 0. The number of hydrogen-bond donors (Lipinski definition) is 2. The number of amides is 1. The Morgan fingerprint density at radius 2 is 1.86 bits per heavy atom. The highest BCUT2D eigenvalue weighted by Crippen LogP contribution is 2.25. The first-order valence-corrected chi connectivity index (χ1v) is 7.80. The van der Waals surface area contributed by atoms with Crippen molar-refractivity contribution >= 4 is 29.0 Å². The van der Waals surface area contributed by atoms with Crippen LogP contribution in [0.1, 0.15) is 16.7 Å². The predicted molar refractivity (Wildman–Crippen MR) is 90.9 cm³/mol. The lowest BCUT2D eigenvalue weighted by Crippen LogP contribution is -2.15. The number of rotatable bonds is 4. The molecule has 2 aromatic carbocycles. The Morgan fingerprint density at radius 3 is 2.57 bits per heavy atom. The molecule has 3 N–H and O–H groups in total. The number of carbonyl (C=O) groups is 1. The number of benzene rings is 2. The van der Waals surface area contributed by atoms with Gasteiger partial charge in [-0.1, -0.05) is 23.8 Å². The third kappa shape index (κ3) is 4.26. The van der Waals surface area contributed by atoms with Gasteiger partial charge in [0.1, 0.15) is 0 Å². The maximum atomic E-state index is 12.1. The number of thioether (sulfide) groups is 1. The largest absolute Gasteiger partial charge is 0.399 e. The highest BCUT2D eigenvalue weighted by molar-refractivity contribution is 8.00. The molecule has 4 heteroatoms. The number of aryl methyl sites for hydroxylation is 3. The molecule has 3 nitrogen and oxygen atoms in total. The number of nitrogens with one attached hydrogen (secondary N) is 1. The molecule has 0 atom stereocenters. The van der Waals surface area contributed by atoms with Gasteiger partial charge in [-0.05, 0) is 50.1 Å². The van der Waals surface area contributed by atoms with Gasteiger partial charge in [-0.15, -0.1) is 11.8 Å². The molecule has 0 saturated heterocycles. The summed E-state index contributed by atoms with van der Waals surface area (Å²) in [5.74, 6) is 0.367. The summed E-state index contributed by atoms with van der Waals surface area (Å²) in [4.78, 5) is 13.1. The first-order chi connectivity index (χ1) is 9.95. The van der Waals surface area contributed by atoms with Crippen LogP contribution >= 0.6 is 11.8 Å². The lowest BCUT2D eigenvalue weighted by Gasteiger charge is -2.10. The Kier molecular flexibility index (Phi) is 4.91. The molecule has 0 bridgehead atoms. The quantitative estimate of drug-likeness (QED) is 0.664. The van der Waals surface area contributed by atoms with Crippen molar-refractivity contribution in [3.8, 4) is 0 Å². The Labute approximate surface area is 129 Å². The van der Waals surface area contributed by atoms with E-state index in [4.69, 9.17) is 5.73 Å². The highest BCUT2D eigenvalue weighted by Gasteiger charge is 2.07. The summed E-state index contributed by atoms with van der Waals surface area (Å²) >= 11 is 1.51. The van der Waals surface area contributed by atoms with Crippen molar-refractivity contribution in [3.05, 3.63) is 53.1 Å². The van der Waals surface area contributed by atoms with Gasteiger partial charge in [-0.3, -0.25) is 4.79 Å². The van der Waals surface area contributed by atoms with Gasteiger partial charge in [0.25, 0.3) is 0 Å². The second-order valence-electron chi connectivity index (χ2n) is 5.18. The molecule has 0 saturated carbocycles. The SMILES string of the molecule is Cc1ccc(NC(=O)CSc2cc(N)ccc2C)c(C)c1. The van der Waals surface area contributed by atoms with Crippen LogP contribution < -0.4 is 11.1 Å². The van der Waals surface area contributed by atoms with Gasteiger partial charge in [0.2, 0.25) is 5.91 Å². The second kappa shape index (κ2) is 6.68. The van der Waals surface area contributed by atoms with E-state index >= 15 is 0 Å². The molecule has 0 aliphatic heterocycles. The van der Waals surface area contributed by atoms with Crippen LogP contribution in [0.25, 0.3) is 0 Å². The van der Waals surface area contributed by atoms with Crippen molar-refractivity contribution < 1.29 is 4.79 Å². The minimum atomic E-state index is -0.00576. The van der Waals surface area contributed by atoms with E-state index in [1.807, 2.05) is 51.1 Å². The van der Waals surface area contributed by atoms with E-state index in [-0.39, 0.29) is 5.91 Å². The number of nitrogen functional groups attached to an aromatic ring is 1. The van der Waals surface area contributed by atoms with Crippen molar-refractivity contribution in [1.29, 1.82) is 0 Å². The van der Waals surface area contributed by atoms with Crippen molar-refractivity contribution in [2.24, 2.45) is 0 Å². The van der Waals surface area contributed by atoms with Crippen molar-refractivity contribution in [3.63, 3.8) is 0 Å². The van der Waals surface area contributed by atoms with Crippen molar-refractivity contribution in [2.75, 3.05) is 16.8 Å². The van der Waals surface area contributed by atoms with E-state index in [0.29, 0.717) is 5.75 Å². The fourth-order valence-electron chi connectivity index (χ4n) is 2.06. The average molecular weight is 300 g/mol. The van der Waals surface area contributed by atoms with E-state index in [0.717, 1.165) is 27.4 Å². The zero-order valence-corrected chi connectivity index (χ0v) is 13.4. The molecule has 0 aromatic heterocycles. The molecule has 1 amide bonds. The number of hydrogen-bond acceptors (Lipinski definition) is 3. The Bertz CT molecular complexity index is 668. The molecule has 21 heavy (non-hydrogen) atoms. The molecule has 0 aliphatic carbocycles.